The second-order valence-electron chi connectivity index (χ2n) is 4.91. The van der Waals surface area contributed by atoms with E-state index in [4.69, 9.17) is 4.74 Å². The number of nitrogens with one attached hydrogen (secondary N) is 1. The maximum atomic E-state index is 12.6. The minimum atomic E-state index is -5.74. The number of alkyl halides is 3. The maximum absolute atomic E-state index is 12.6. The van der Waals surface area contributed by atoms with E-state index in [1.807, 2.05) is 0 Å². The Morgan fingerprint density at radius 2 is 1.58 bits per heavy atom. The molecule has 7 nitrogen and oxygen atoms in total. The first-order valence-electron chi connectivity index (χ1n) is 6.70. The van der Waals surface area contributed by atoms with E-state index in [0.717, 1.165) is 12.1 Å². The molecule has 26 heavy (non-hydrogen) atoms. The Kier molecular flexibility index (Phi) is 5.10. The summed E-state index contributed by atoms with van der Waals surface area (Å²) < 4.78 is 90.9. The molecule has 0 aromatic heterocycles. The van der Waals surface area contributed by atoms with Crippen molar-refractivity contribution < 1.29 is 39.9 Å². The van der Waals surface area contributed by atoms with Crippen molar-refractivity contribution in [1.82, 2.24) is 0 Å². The summed E-state index contributed by atoms with van der Waals surface area (Å²) in [4.78, 5) is -1.03. The van der Waals surface area contributed by atoms with Crippen LogP contribution in [0, 0.1) is 0 Å². The van der Waals surface area contributed by atoms with Gasteiger partial charge in [-0.1, -0.05) is 0 Å². The number of aromatic hydroxyl groups is 1. The Balaban J connectivity index is 2.49. The summed E-state index contributed by atoms with van der Waals surface area (Å²) in [5.74, 6) is -0.393. The van der Waals surface area contributed by atoms with E-state index in [0.29, 0.717) is 11.8 Å². The van der Waals surface area contributed by atoms with Crippen molar-refractivity contribution in [2.75, 3.05) is 11.8 Å². The highest BCUT2D eigenvalue weighted by Crippen LogP contribution is 2.33. The Bertz CT molecular complexity index is 1020. The van der Waals surface area contributed by atoms with Crippen LogP contribution in [-0.4, -0.2) is 34.6 Å². The number of hydrogen-bond donors (Lipinski definition) is 2. The van der Waals surface area contributed by atoms with Gasteiger partial charge in [0, 0.05) is 0 Å². The summed E-state index contributed by atoms with van der Waals surface area (Å²) in [5.41, 5.74) is -6.26. The van der Waals surface area contributed by atoms with Crippen LogP contribution in [0.15, 0.2) is 52.3 Å². The smallest absolute Gasteiger partial charge is 0.507 e. The number of phenols is 1. The van der Waals surface area contributed by atoms with Crippen LogP contribution in [0.3, 0.4) is 0 Å². The number of phenolic OH excluding ortho intramolecular Hbond substituents is 1. The highest BCUT2D eigenvalue weighted by molar-refractivity contribution is 7.93. The minimum Gasteiger partial charge on any atom is -0.507 e. The Hall–Kier alpha value is -2.47. The molecule has 0 fully saturated rings. The number of benzene rings is 2. The van der Waals surface area contributed by atoms with Gasteiger partial charge in [-0.15, -0.1) is 0 Å². The first-order chi connectivity index (χ1) is 11.9. The summed E-state index contributed by atoms with van der Waals surface area (Å²) >= 11 is 0. The largest absolute Gasteiger partial charge is 0.516 e. The second-order valence-corrected chi connectivity index (χ2v) is 8.50. The van der Waals surface area contributed by atoms with Gasteiger partial charge in [-0.25, -0.2) is 8.42 Å². The van der Waals surface area contributed by atoms with Gasteiger partial charge in [-0.05, 0) is 42.5 Å². The molecule has 2 aromatic rings. The SMILES string of the molecule is COc1ccc(S(=O)(=O)c2cc(NS(=O)(=O)C(F)(F)F)ccc2O)cc1. The van der Waals surface area contributed by atoms with Crippen LogP contribution in [-0.2, 0) is 19.9 Å². The molecule has 12 heteroatoms. The van der Waals surface area contributed by atoms with Crippen LogP contribution in [0.25, 0.3) is 0 Å². The Morgan fingerprint density at radius 1 is 1.00 bits per heavy atom. The van der Waals surface area contributed by atoms with Crippen molar-refractivity contribution in [3.05, 3.63) is 42.5 Å². The lowest BCUT2D eigenvalue weighted by Crippen LogP contribution is -2.29. The molecule has 0 saturated heterocycles. The van der Waals surface area contributed by atoms with Gasteiger partial charge in [0.05, 0.1) is 17.7 Å². The molecule has 142 valence electrons. The third-order valence-electron chi connectivity index (χ3n) is 3.18. The third-order valence-corrected chi connectivity index (χ3v) is 6.09. The second kappa shape index (κ2) is 6.68. The summed E-state index contributed by atoms with van der Waals surface area (Å²) in [6, 6.07) is 7.16. The van der Waals surface area contributed by atoms with Crippen molar-refractivity contribution in [3.8, 4) is 11.5 Å². The van der Waals surface area contributed by atoms with Gasteiger partial charge in [0.15, 0.2) is 0 Å². The molecule has 0 bridgehead atoms. The number of sulfone groups is 1. The van der Waals surface area contributed by atoms with Crippen LogP contribution in [0.1, 0.15) is 0 Å². The Morgan fingerprint density at radius 3 is 2.08 bits per heavy atom. The molecule has 0 aliphatic carbocycles. The minimum absolute atomic E-state index is 0.274. The number of methoxy groups -OCH3 is 1. The van der Waals surface area contributed by atoms with Gasteiger partial charge in [0.1, 0.15) is 16.4 Å². The number of rotatable bonds is 5. The molecule has 2 aromatic carbocycles. The van der Waals surface area contributed by atoms with Crippen LogP contribution in [0.2, 0.25) is 0 Å². The highest BCUT2D eigenvalue weighted by Gasteiger charge is 2.46. The van der Waals surface area contributed by atoms with Crippen LogP contribution in [0.4, 0.5) is 18.9 Å². The number of sulfonamides is 1. The third kappa shape index (κ3) is 3.85. The number of halogens is 3. The van der Waals surface area contributed by atoms with Gasteiger partial charge >= 0.3 is 15.5 Å². The molecule has 0 unspecified atom stereocenters. The average Bonchev–Trinajstić information content (AvgIpc) is 2.55. The molecule has 0 saturated carbocycles. The van der Waals surface area contributed by atoms with E-state index in [1.54, 1.807) is 0 Å². The molecule has 0 aliphatic heterocycles. The van der Waals surface area contributed by atoms with E-state index in [1.165, 1.54) is 36.1 Å². The normalized spacial score (nSPS) is 12.6. The molecule has 0 radical (unpaired) electrons. The zero-order valence-electron chi connectivity index (χ0n) is 13.0. The lowest BCUT2D eigenvalue weighted by Gasteiger charge is -2.13. The average molecular weight is 411 g/mol. The fourth-order valence-corrected chi connectivity index (χ4v) is 3.81. The van der Waals surface area contributed by atoms with Crippen molar-refractivity contribution in [3.63, 3.8) is 0 Å². The molecule has 0 spiro atoms. The van der Waals surface area contributed by atoms with E-state index in [2.05, 4.69) is 0 Å². The molecule has 2 rings (SSSR count). The monoisotopic (exact) mass is 411 g/mol. The predicted molar refractivity (Wildman–Crippen MR) is 85.2 cm³/mol. The van der Waals surface area contributed by atoms with Gasteiger partial charge in [0.25, 0.3) is 0 Å². The Labute approximate surface area is 147 Å². The first kappa shape index (κ1) is 19.8. The summed E-state index contributed by atoms with van der Waals surface area (Å²) in [6.07, 6.45) is 0. The number of hydrogen-bond acceptors (Lipinski definition) is 6. The maximum Gasteiger partial charge on any atom is 0.516 e. The fourth-order valence-electron chi connectivity index (χ4n) is 1.89. The van der Waals surface area contributed by atoms with Crippen molar-refractivity contribution in [2.45, 2.75) is 15.3 Å². The fraction of sp³-hybridized carbons (Fsp3) is 0.143. The molecule has 0 atom stereocenters. The lowest BCUT2D eigenvalue weighted by atomic mass is 10.3. The molecule has 2 N–H and O–H groups in total. The topological polar surface area (TPSA) is 110 Å². The summed E-state index contributed by atoms with van der Waals surface area (Å²) in [5, 5.41) is 9.79. The molecular formula is C14H12F3NO6S2. The summed E-state index contributed by atoms with van der Waals surface area (Å²) in [6.45, 7) is 0. The van der Waals surface area contributed by atoms with Crippen LogP contribution >= 0.6 is 0 Å². The van der Waals surface area contributed by atoms with Gasteiger partial charge in [-0.3, -0.25) is 4.72 Å². The zero-order chi connectivity index (χ0) is 19.8. The van der Waals surface area contributed by atoms with Crippen LogP contribution < -0.4 is 9.46 Å². The van der Waals surface area contributed by atoms with Crippen molar-refractivity contribution >= 4 is 25.5 Å². The standard InChI is InChI=1S/C14H12F3NO6S2/c1-24-10-3-5-11(6-4-10)25(20,21)13-8-9(2-7-12(13)19)18-26(22,23)14(15,16)17/h2-8,18-19H,1H3. The van der Waals surface area contributed by atoms with E-state index in [9.17, 15) is 35.1 Å². The number of anilines is 1. The van der Waals surface area contributed by atoms with Gasteiger partial charge in [-0.2, -0.15) is 21.6 Å². The van der Waals surface area contributed by atoms with Gasteiger partial charge < -0.3 is 9.84 Å². The van der Waals surface area contributed by atoms with E-state index >= 15 is 0 Å². The quantitative estimate of drug-likeness (QED) is 0.732. The molecule has 0 amide bonds. The predicted octanol–water partition coefficient (Wildman–Crippen LogP) is 2.50. The van der Waals surface area contributed by atoms with Crippen LogP contribution in [0.5, 0.6) is 11.5 Å². The first-order valence-corrected chi connectivity index (χ1v) is 9.66. The highest BCUT2D eigenvalue weighted by atomic mass is 32.2. The molecular weight excluding hydrogens is 399 g/mol. The van der Waals surface area contributed by atoms with Gasteiger partial charge in [0.2, 0.25) is 9.84 Å². The van der Waals surface area contributed by atoms with E-state index in [-0.39, 0.29) is 4.90 Å². The summed E-state index contributed by atoms with van der Waals surface area (Å²) in [7, 11) is -8.71. The van der Waals surface area contributed by atoms with E-state index < -0.39 is 41.7 Å². The zero-order valence-corrected chi connectivity index (χ0v) is 14.6. The molecule has 0 aliphatic rings. The number of ether oxygens (including phenoxy) is 1. The van der Waals surface area contributed by atoms with Crippen molar-refractivity contribution in [2.24, 2.45) is 0 Å². The molecule has 0 heterocycles. The van der Waals surface area contributed by atoms with Crippen molar-refractivity contribution in [1.29, 1.82) is 0 Å². The lowest BCUT2D eigenvalue weighted by molar-refractivity contribution is -0.0429.